The first kappa shape index (κ1) is 18.1. The molecule has 1 aliphatic heterocycles. The van der Waals surface area contributed by atoms with Crippen LogP contribution in [0.25, 0.3) is 11.3 Å². The predicted octanol–water partition coefficient (Wildman–Crippen LogP) is 2.60. The van der Waals surface area contributed by atoms with Crippen LogP contribution in [-0.2, 0) is 6.54 Å². The molecule has 2 N–H and O–H groups in total. The van der Waals surface area contributed by atoms with Gasteiger partial charge in [-0.2, -0.15) is 5.10 Å². The van der Waals surface area contributed by atoms with Gasteiger partial charge in [-0.1, -0.05) is 44.2 Å². The highest BCUT2D eigenvalue weighted by Gasteiger charge is 2.27. The Kier molecular flexibility index (Phi) is 6.24. The Hall–Kier alpha value is -1.69. The minimum Gasteiger partial charge on any atom is -0.396 e. The second kappa shape index (κ2) is 8.61. The fraction of sp³-hybridized carbons (Fsp3) is 0.550. The van der Waals surface area contributed by atoms with E-state index in [-0.39, 0.29) is 6.61 Å². The summed E-state index contributed by atoms with van der Waals surface area (Å²) in [5, 5.41) is 16.9. The van der Waals surface area contributed by atoms with Gasteiger partial charge in [-0.3, -0.25) is 14.9 Å². The fourth-order valence-corrected chi connectivity index (χ4v) is 3.76. The molecule has 0 saturated carbocycles. The highest BCUT2D eigenvalue weighted by molar-refractivity contribution is 5.62. The van der Waals surface area contributed by atoms with Crippen LogP contribution in [0.3, 0.4) is 0 Å². The minimum absolute atomic E-state index is 0.258. The lowest BCUT2D eigenvalue weighted by atomic mass is 10.0. The summed E-state index contributed by atoms with van der Waals surface area (Å²) >= 11 is 0. The summed E-state index contributed by atoms with van der Waals surface area (Å²) in [6, 6.07) is 10.8. The van der Waals surface area contributed by atoms with Gasteiger partial charge in [0, 0.05) is 50.9 Å². The maximum atomic E-state index is 9.45. The van der Waals surface area contributed by atoms with Crippen molar-refractivity contribution < 1.29 is 5.11 Å². The molecule has 136 valence electrons. The number of hydrogen-bond donors (Lipinski definition) is 2. The number of aliphatic hydroxyl groups excluding tert-OH is 1. The average Bonchev–Trinajstić information content (AvgIpc) is 3.06. The van der Waals surface area contributed by atoms with Gasteiger partial charge in [0.2, 0.25) is 0 Å². The minimum atomic E-state index is 0.258. The van der Waals surface area contributed by atoms with Gasteiger partial charge in [0.25, 0.3) is 0 Å². The average molecular weight is 342 g/mol. The van der Waals surface area contributed by atoms with Crippen LogP contribution < -0.4 is 0 Å². The number of H-pyrrole nitrogens is 1. The largest absolute Gasteiger partial charge is 0.396 e. The molecule has 1 atom stereocenters. The molecule has 5 nitrogen and oxygen atoms in total. The van der Waals surface area contributed by atoms with E-state index < -0.39 is 0 Å². The van der Waals surface area contributed by atoms with Crippen molar-refractivity contribution in [1.82, 2.24) is 20.0 Å². The first-order valence-corrected chi connectivity index (χ1v) is 9.32. The molecule has 0 unspecified atom stereocenters. The van der Waals surface area contributed by atoms with Crippen LogP contribution in [0.2, 0.25) is 0 Å². The molecule has 2 aromatic rings. The van der Waals surface area contributed by atoms with Crippen LogP contribution >= 0.6 is 0 Å². The third kappa shape index (κ3) is 4.69. The van der Waals surface area contributed by atoms with Crippen molar-refractivity contribution in [3.63, 3.8) is 0 Å². The van der Waals surface area contributed by atoms with Gasteiger partial charge in [0.15, 0.2) is 0 Å². The lowest BCUT2D eigenvalue weighted by Crippen LogP contribution is -2.53. The molecular weight excluding hydrogens is 312 g/mol. The zero-order valence-electron chi connectivity index (χ0n) is 15.4. The van der Waals surface area contributed by atoms with Crippen molar-refractivity contribution >= 4 is 0 Å². The van der Waals surface area contributed by atoms with Crippen molar-refractivity contribution in [2.45, 2.75) is 32.9 Å². The van der Waals surface area contributed by atoms with E-state index in [2.05, 4.69) is 58.1 Å². The van der Waals surface area contributed by atoms with E-state index in [1.807, 2.05) is 12.3 Å². The quantitative estimate of drug-likeness (QED) is 0.812. The summed E-state index contributed by atoms with van der Waals surface area (Å²) in [5.74, 6) is 0.659. The van der Waals surface area contributed by atoms with Crippen molar-refractivity contribution in [3.05, 3.63) is 42.1 Å². The van der Waals surface area contributed by atoms with Gasteiger partial charge in [0.1, 0.15) is 0 Å². The van der Waals surface area contributed by atoms with Crippen LogP contribution in [0.15, 0.2) is 36.5 Å². The first-order chi connectivity index (χ1) is 12.2. The van der Waals surface area contributed by atoms with E-state index in [4.69, 9.17) is 0 Å². The smallest absolute Gasteiger partial charge is 0.0695 e. The van der Waals surface area contributed by atoms with Crippen LogP contribution in [-0.4, -0.2) is 63.9 Å². The molecule has 5 heteroatoms. The van der Waals surface area contributed by atoms with Gasteiger partial charge in [0.05, 0.1) is 11.9 Å². The fourth-order valence-electron chi connectivity index (χ4n) is 3.76. The van der Waals surface area contributed by atoms with Gasteiger partial charge in [-0.05, 0) is 17.9 Å². The van der Waals surface area contributed by atoms with Gasteiger partial charge >= 0.3 is 0 Å². The van der Waals surface area contributed by atoms with Gasteiger partial charge in [-0.25, -0.2) is 0 Å². The van der Waals surface area contributed by atoms with Crippen molar-refractivity contribution in [3.8, 4) is 11.3 Å². The van der Waals surface area contributed by atoms with E-state index in [0.717, 1.165) is 44.8 Å². The molecule has 1 aliphatic rings. The van der Waals surface area contributed by atoms with Crippen LogP contribution in [0.5, 0.6) is 0 Å². The summed E-state index contributed by atoms with van der Waals surface area (Å²) in [5.41, 5.74) is 3.54. The molecule has 0 spiro atoms. The van der Waals surface area contributed by atoms with E-state index >= 15 is 0 Å². The van der Waals surface area contributed by atoms with E-state index in [9.17, 15) is 5.11 Å². The summed E-state index contributed by atoms with van der Waals surface area (Å²) in [4.78, 5) is 5.04. The number of piperazine rings is 1. The summed E-state index contributed by atoms with van der Waals surface area (Å²) < 4.78 is 0. The molecule has 3 rings (SSSR count). The number of benzene rings is 1. The lowest BCUT2D eigenvalue weighted by Gasteiger charge is -2.42. The van der Waals surface area contributed by atoms with E-state index in [1.165, 1.54) is 11.1 Å². The summed E-state index contributed by atoms with van der Waals surface area (Å²) in [7, 11) is 0. The Morgan fingerprint density at radius 2 is 2.04 bits per heavy atom. The molecule has 0 radical (unpaired) electrons. The normalized spacial score (nSPS) is 19.6. The molecule has 0 bridgehead atoms. The number of nitrogens with one attached hydrogen (secondary N) is 1. The maximum absolute atomic E-state index is 9.45. The standard InChI is InChI=1S/C20H30N4O/c1-16(2)13-24-10-9-23(15-19(24)8-11-25)14-18-12-21-22-20(18)17-6-4-3-5-7-17/h3-7,12,16,19,25H,8-11,13-15H2,1-2H3,(H,21,22)/t19-/m1/s1. The van der Waals surface area contributed by atoms with E-state index in [0.29, 0.717) is 12.0 Å². The van der Waals surface area contributed by atoms with Gasteiger partial charge in [-0.15, -0.1) is 0 Å². The third-order valence-corrected chi connectivity index (χ3v) is 4.93. The first-order valence-electron chi connectivity index (χ1n) is 9.32. The molecule has 2 heterocycles. The van der Waals surface area contributed by atoms with Crippen molar-refractivity contribution in [1.29, 1.82) is 0 Å². The highest BCUT2D eigenvalue weighted by Crippen LogP contribution is 2.23. The number of hydrogen-bond acceptors (Lipinski definition) is 4. The predicted molar refractivity (Wildman–Crippen MR) is 101 cm³/mol. The number of aromatic nitrogens is 2. The zero-order chi connectivity index (χ0) is 17.6. The number of aliphatic hydroxyl groups is 1. The molecular formula is C20H30N4O. The summed E-state index contributed by atoms with van der Waals surface area (Å²) in [6.45, 7) is 9.94. The van der Waals surface area contributed by atoms with Crippen LogP contribution in [0, 0.1) is 5.92 Å². The van der Waals surface area contributed by atoms with Crippen molar-refractivity contribution in [2.24, 2.45) is 5.92 Å². The van der Waals surface area contributed by atoms with E-state index in [1.54, 1.807) is 0 Å². The number of nitrogens with zero attached hydrogens (tertiary/aromatic N) is 3. The molecule has 0 aliphatic carbocycles. The summed E-state index contributed by atoms with van der Waals surface area (Å²) in [6.07, 6.45) is 2.80. The number of aromatic amines is 1. The van der Waals surface area contributed by atoms with Gasteiger partial charge < -0.3 is 5.11 Å². The topological polar surface area (TPSA) is 55.4 Å². The monoisotopic (exact) mass is 342 g/mol. The number of rotatable bonds is 7. The molecule has 1 fully saturated rings. The molecule has 1 aromatic heterocycles. The zero-order valence-corrected chi connectivity index (χ0v) is 15.4. The Balaban J connectivity index is 1.67. The Bertz CT molecular complexity index is 640. The molecule has 1 saturated heterocycles. The lowest BCUT2D eigenvalue weighted by molar-refractivity contribution is 0.0477. The van der Waals surface area contributed by atoms with Crippen LogP contribution in [0.4, 0.5) is 0 Å². The Labute approximate surface area is 150 Å². The van der Waals surface area contributed by atoms with Crippen molar-refractivity contribution in [2.75, 3.05) is 32.8 Å². The molecule has 1 aromatic carbocycles. The van der Waals surface area contributed by atoms with Crippen LogP contribution in [0.1, 0.15) is 25.8 Å². The molecule has 25 heavy (non-hydrogen) atoms. The maximum Gasteiger partial charge on any atom is 0.0695 e. The molecule has 0 amide bonds. The SMILES string of the molecule is CC(C)CN1CCN(Cc2cn[nH]c2-c2ccccc2)C[C@H]1CCO. The Morgan fingerprint density at radius 3 is 2.76 bits per heavy atom. The Morgan fingerprint density at radius 1 is 1.24 bits per heavy atom. The third-order valence-electron chi connectivity index (χ3n) is 4.93. The second-order valence-electron chi connectivity index (χ2n) is 7.43. The highest BCUT2D eigenvalue weighted by atomic mass is 16.3. The second-order valence-corrected chi connectivity index (χ2v) is 7.43.